The molecule has 16 heteroatoms. The van der Waals surface area contributed by atoms with Crippen LogP contribution in [0.4, 0.5) is 51.3 Å². The van der Waals surface area contributed by atoms with Crippen LogP contribution in [-0.2, 0) is 21.9 Å². The van der Waals surface area contributed by atoms with E-state index in [1.54, 1.807) is 0 Å². The monoisotopic (exact) mass is 637 g/mol. The molecule has 0 aliphatic carbocycles. The number of benzene rings is 2. The number of hydrogen-bond acceptors (Lipinski definition) is 4. The number of carbonyl (C=O) groups excluding carboxylic acids is 3. The number of hydrogen-bond donors (Lipinski definition) is 4. The van der Waals surface area contributed by atoms with Gasteiger partial charge in [0.2, 0.25) is 11.8 Å². The number of anilines is 2. The van der Waals surface area contributed by atoms with Gasteiger partial charge in [-0.05, 0) is 68.6 Å². The number of carbonyl (C=O) groups is 3. The first kappa shape index (κ1) is 34.5. The molecule has 2 saturated heterocycles. The average molecular weight is 638 g/mol. The molecule has 2 atom stereocenters. The van der Waals surface area contributed by atoms with Crippen molar-refractivity contribution in [3.8, 4) is 0 Å². The minimum absolute atomic E-state index is 0.0334. The van der Waals surface area contributed by atoms with E-state index in [9.17, 15) is 49.5 Å². The summed E-state index contributed by atoms with van der Waals surface area (Å²) >= 11 is 0. The Hall–Kier alpha value is -3.95. The van der Waals surface area contributed by atoms with Crippen LogP contribution in [0.15, 0.2) is 36.4 Å². The standard InChI is InChI=1S/C15H17F4N3O2.C13H14F4N2O/c1-20-14(24)22-6-2-3-9(8-22)13(23)21-10-4-5-11(12(16)7-10)15(17,18)19;14-11-6-9(3-4-10(11)13(15,16)17)19-12(20)8-2-1-5-18-7-8/h4-5,7,9H,2-3,6,8H2,1H3,(H,20,24)(H,21,23);3-4,6,8,18H,1-2,5,7H2,(H,19,20)/t9-;8-/m00/s1. The van der Waals surface area contributed by atoms with Crippen molar-refractivity contribution < 1.29 is 49.5 Å². The van der Waals surface area contributed by atoms with Crippen LogP contribution in [0.25, 0.3) is 0 Å². The van der Waals surface area contributed by atoms with Gasteiger partial charge >= 0.3 is 18.4 Å². The highest BCUT2D eigenvalue weighted by Gasteiger charge is 2.35. The molecule has 242 valence electrons. The molecule has 2 aliphatic heterocycles. The highest BCUT2D eigenvalue weighted by molar-refractivity contribution is 5.93. The molecule has 2 heterocycles. The average Bonchev–Trinajstić information content (AvgIpc) is 2.96. The summed E-state index contributed by atoms with van der Waals surface area (Å²) in [6.07, 6.45) is -6.78. The van der Waals surface area contributed by atoms with E-state index in [-0.39, 0.29) is 35.8 Å². The van der Waals surface area contributed by atoms with Crippen molar-refractivity contribution in [1.82, 2.24) is 15.5 Å². The summed E-state index contributed by atoms with van der Waals surface area (Å²) in [4.78, 5) is 37.2. The zero-order valence-corrected chi connectivity index (χ0v) is 23.5. The Morgan fingerprint density at radius 2 is 1.30 bits per heavy atom. The zero-order valence-electron chi connectivity index (χ0n) is 23.5. The van der Waals surface area contributed by atoms with Gasteiger partial charge in [-0.1, -0.05) is 0 Å². The molecule has 0 radical (unpaired) electrons. The number of alkyl halides is 6. The lowest BCUT2D eigenvalue weighted by Gasteiger charge is -2.31. The first-order valence-corrected chi connectivity index (χ1v) is 13.6. The fourth-order valence-corrected chi connectivity index (χ4v) is 4.74. The van der Waals surface area contributed by atoms with E-state index in [1.807, 2.05) is 0 Å². The maximum Gasteiger partial charge on any atom is 0.419 e. The summed E-state index contributed by atoms with van der Waals surface area (Å²) in [5.41, 5.74) is -2.74. The topological polar surface area (TPSA) is 103 Å². The molecule has 0 bridgehead atoms. The van der Waals surface area contributed by atoms with Crippen molar-refractivity contribution in [3.63, 3.8) is 0 Å². The van der Waals surface area contributed by atoms with Crippen LogP contribution in [0.1, 0.15) is 36.8 Å². The second kappa shape index (κ2) is 14.7. The van der Waals surface area contributed by atoms with Crippen LogP contribution in [0.2, 0.25) is 0 Å². The van der Waals surface area contributed by atoms with Crippen molar-refractivity contribution in [2.24, 2.45) is 11.8 Å². The van der Waals surface area contributed by atoms with Crippen molar-refractivity contribution in [2.75, 3.05) is 43.9 Å². The quantitative estimate of drug-likeness (QED) is 0.327. The number of urea groups is 1. The van der Waals surface area contributed by atoms with Crippen molar-refractivity contribution in [1.29, 1.82) is 0 Å². The van der Waals surface area contributed by atoms with E-state index in [2.05, 4.69) is 21.3 Å². The molecule has 4 N–H and O–H groups in total. The number of likely N-dealkylation sites (tertiary alicyclic amines) is 1. The summed E-state index contributed by atoms with van der Waals surface area (Å²) < 4.78 is 102. The second-order valence-corrected chi connectivity index (χ2v) is 10.2. The molecule has 2 aromatic carbocycles. The molecule has 4 amide bonds. The van der Waals surface area contributed by atoms with Crippen LogP contribution in [-0.4, -0.2) is 56.0 Å². The van der Waals surface area contributed by atoms with Crippen LogP contribution >= 0.6 is 0 Å². The SMILES string of the molecule is CNC(=O)N1CCC[C@H](C(=O)Nc2ccc(C(F)(F)F)c(F)c2)C1.O=C(Nc1ccc(C(F)(F)F)c(F)c1)[C@H]1CCCNC1. The van der Waals surface area contributed by atoms with Gasteiger partial charge in [-0.15, -0.1) is 0 Å². The van der Waals surface area contributed by atoms with Gasteiger partial charge in [-0.3, -0.25) is 9.59 Å². The minimum Gasteiger partial charge on any atom is -0.341 e. The van der Waals surface area contributed by atoms with Crippen molar-refractivity contribution >= 4 is 29.2 Å². The van der Waals surface area contributed by atoms with Crippen LogP contribution in [0, 0.1) is 23.5 Å². The molecule has 0 saturated carbocycles. The van der Waals surface area contributed by atoms with E-state index in [0.29, 0.717) is 56.6 Å². The third kappa shape index (κ3) is 9.53. The smallest absolute Gasteiger partial charge is 0.341 e. The predicted molar refractivity (Wildman–Crippen MR) is 144 cm³/mol. The Morgan fingerprint density at radius 1 is 0.795 bits per heavy atom. The van der Waals surface area contributed by atoms with Crippen molar-refractivity contribution in [2.45, 2.75) is 38.0 Å². The Labute approximate surface area is 247 Å². The van der Waals surface area contributed by atoms with Crippen molar-refractivity contribution in [3.05, 3.63) is 59.2 Å². The fourth-order valence-electron chi connectivity index (χ4n) is 4.74. The second-order valence-electron chi connectivity index (χ2n) is 10.2. The lowest BCUT2D eigenvalue weighted by Crippen LogP contribution is -2.47. The van der Waals surface area contributed by atoms with Gasteiger partial charge in [0.15, 0.2) is 0 Å². The Bertz CT molecular complexity index is 1330. The normalized spacial score (nSPS) is 18.9. The van der Waals surface area contributed by atoms with Gasteiger partial charge in [0.25, 0.3) is 0 Å². The zero-order chi connectivity index (χ0) is 32.7. The molecule has 2 fully saturated rings. The molecule has 8 nitrogen and oxygen atoms in total. The minimum atomic E-state index is -4.79. The number of nitrogens with zero attached hydrogens (tertiary/aromatic N) is 1. The summed E-state index contributed by atoms with van der Waals surface area (Å²) in [6.45, 7) is 2.10. The van der Waals surface area contributed by atoms with Gasteiger partial charge in [0.05, 0.1) is 23.0 Å². The van der Waals surface area contributed by atoms with E-state index in [0.717, 1.165) is 25.1 Å². The molecule has 2 aromatic rings. The third-order valence-electron chi connectivity index (χ3n) is 7.04. The van der Waals surface area contributed by atoms with Crippen LogP contribution in [0.3, 0.4) is 0 Å². The van der Waals surface area contributed by atoms with E-state index in [1.165, 1.54) is 11.9 Å². The highest BCUT2D eigenvalue weighted by atomic mass is 19.4. The molecule has 2 aliphatic rings. The largest absolute Gasteiger partial charge is 0.419 e. The number of piperidine rings is 2. The number of rotatable bonds is 4. The maximum atomic E-state index is 13.5. The Morgan fingerprint density at radius 3 is 1.73 bits per heavy atom. The lowest BCUT2D eigenvalue weighted by molar-refractivity contribution is -0.140. The Balaban J connectivity index is 0.000000244. The lowest BCUT2D eigenvalue weighted by atomic mass is 9.97. The Kier molecular flexibility index (Phi) is 11.5. The molecule has 4 rings (SSSR count). The maximum absolute atomic E-state index is 13.5. The molecule has 0 unspecified atom stereocenters. The first-order chi connectivity index (χ1) is 20.6. The first-order valence-electron chi connectivity index (χ1n) is 13.6. The van der Waals surface area contributed by atoms with Gasteiger partial charge in [-0.25, -0.2) is 13.6 Å². The highest BCUT2D eigenvalue weighted by Crippen LogP contribution is 2.33. The van der Waals surface area contributed by atoms with E-state index >= 15 is 0 Å². The number of nitrogens with one attached hydrogen (secondary N) is 4. The molecular formula is C28H31F8N5O3. The summed E-state index contributed by atoms with van der Waals surface area (Å²) in [5, 5.41) is 10.4. The van der Waals surface area contributed by atoms with E-state index in [4.69, 9.17) is 0 Å². The molecule has 0 spiro atoms. The summed E-state index contributed by atoms with van der Waals surface area (Å²) in [5.74, 6) is -4.34. The fraction of sp³-hybridized carbons (Fsp3) is 0.464. The van der Waals surface area contributed by atoms with E-state index < -0.39 is 46.9 Å². The summed E-state index contributed by atoms with van der Waals surface area (Å²) in [7, 11) is 1.48. The molecular weight excluding hydrogens is 606 g/mol. The summed E-state index contributed by atoms with van der Waals surface area (Å²) in [6, 6.07) is 4.31. The van der Waals surface area contributed by atoms with Gasteiger partial charge in [0.1, 0.15) is 11.6 Å². The number of amides is 4. The molecule has 0 aromatic heterocycles. The molecule has 44 heavy (non-hydrogen) atoms. The third-order valence-corrected chi connectivity index (χ3v) is 7.04. The van der Waals surface area contributed by atoms with Gasteiger partial charge < -0.3 is 26.2 Å². The number of halogens is 8. The van der Waals surface area contributed by atoms with Gasteiger partial charge in [-0.2, -0.15) is 26.3 Å². The van der Waals surface area contributed by atoms with Crippen LogP contribution < -0.4 is 21.3 Å². The predicted octanol–water partition coefficient (Wildman–Crippen LogP) is 5.62. The van der Waals surface area contributed by atoms with Crippen LogP contribution in [0.5, 0.6) is 0 Å². The van der Waals surface area contributed by atoms with Gasteiger partial charge in [0, 0.05) is 38.1 Å².